The molecule has 1 heterocycles. The van der Waals surface area contributed by atoms with Crippen LogP contribution in [0.15, 0.2) is 59.1 Å². The highest BCUT2D eigenvalue weighted by atomic mass is 35.5. The second-order valence-corrected chi connectivity index (χ2v) is 7.28. The minimum absolute atomic E-state index is 0.0460. The molecule has 0 aliphatic rings. The molecule has 0 fully saturated rings. The maximum atomic E-state index is 12.5. The molecular formula is C23H25ClN2O2. The van der Waals surface area contributed by atoms with E-state index in [1.165, 1.54) is 11.8 Å². The Labute approximate surface area is 170 Å². The molecule has 0 radical (unpaired) electrons. The molecule has 2 aromatic carbocycles. The van der Waals surface area contributed by atoms with Gasteiger partial charge in [0.1, 0.15) is 0 Å². The van der Waals surface area contributed by atoms with Gasteiger partial charge in [0.25, 0.3) is 5.91 Å². The number of rotatable bonds is 8. The van der Waals surface area contributed by atoms with Crippen molar-refractivity contribution in [1.82, 2.24) is 10.3 Å². The first-order chi connectivity index (χ1) is 13.6. The van der Waals surface area contributed by atoms with Gasteiger partial charge in [-0.15, -0.1) is 0 Å². The van der Waals surface area contributed by atoms with Gasteiger partial charge in [-0.25, -0.2) is 4.98 Å². The van der Waals surface area contributed by atoms with E-state index in [1.54, 1.807) is 0 Å². The Morgan fingerprint density at radius 2 is 1.93 bits per heavy atom. The van der Waals surface area contributed by atoms with Crippen LogP contribution in [0.25, 0.3) is 11.1 Å². The Hall–Kier alpha value is -2.59. The number of halogens is 1. The van der Waals surface area contributed by atoms with Crippen molar-refractivity contribution in [2.45, 2.75) is 45.6 Å². The molecule has 28 heavy (non-hydrogen) atoms. The first kappa shape index (κ1) is 20.2. The third-order valence-electron chi connectivity index (χ3n) is 4.65. The van der Waals surface area contributed by atoms with Crippen LogP contribution in [0.4, 0.5) is 0 Å². The smallest absolute Gasteiger partial charge is 0.288 e. The summed E-state index contributed by atoms with van der Waals surface area (Å²) < 4.78 is 5.46. The summed E-state index contributed by atoms with van der Waals surface area (Å²) in [6, 6.07) is 16.3. The van der Waals surface area contributed by atoms with E-state index in [1.807, 2.05) is 31.2 Å². The summed E-state index contributed by atoms with van der Waals surface area (Å²) in [7, 11) is 0. The van der Waals surface area contributed by atoms with Crippen LogP contribution in [0.3, 0.4) is 0 Å². The quantitative estimate of drug-likeness (QED) is 0.531. The number of nitrogens with zero attached hydrogens (tertiary/aromatic N) is 1. The van der Waals surface area contributed by atoms with E-state index in [4.69, 9.17) is 16.0 Å². The highest BCUT2D eigenvalue weighted by Crippen LogP contribution is 2.23. The lowest BCUT2D eigenvalue weighted by Gasteiger charge is -2.18. The summed E-state index contributed by atoms with van der Waals surface area (Å²) >= 11 is 6.09. The zero-order chi connectivity index (χ0) is 19.9. The average molecular weight is 397 g/mol. The summed E-state index contributed by atoms with van der Waals surface area (Å²) in [6.07, 6.45) is 4.82. The molecule has 5 heteroatoms. The van der Waals surface area contributed by atoms with E-state index in [-0.39, 0.29) is 17.7 Å². The van der Waals surface area contributed by atoms with Gasteiger partial charge in [0.15, 0.2) is 5.89 Å². The van der Waals surface area contributed by atoms with Gasteiger partial charge in [0.2, 0.25) is 5.76 Å². The summed E-state index contributed by atoms with van der Waals surface area (Å²) in [6.45, 7) is 4.06. The van der Waals surface area contributed by atoms with Crippen LogP contribution in [0.5, 0.6) is 0 Å². The van der Waals surface area contributed by atoms with E-state index in [2.05, 4.69) is 41.5 Å². The number of oxazole rings is 1. The second kappa shape index (κ2) is 9.56. The number of hydrogen-bond acceptors (Lipinski definition) is 3. The minimum atomic E-state index is -0.207. The maximum Gasteiger partial charge on any atom is 0.288 e. The molecule has 1 atom stereocenters. The molecular weight excluding hydrogens is 372 g/mol. The maximum absolute atomic E-state index is 12.5. The van der Waals surface area contributed by atoms with Gasteiger partial charge >= 0.3 is 0 Å². The van der Waals surface area contributed by atoms with Gasteiger partial charge in [-0.1, -0.05) is 68.3 Å². The molecule has 0 unspecified atom stereocenters. The van der Waals surface area contributed by atoms with E-state index >= 15 is 0 Å². The van der Waals surface area contributed by atoms with Gasteiger partial charge in [-0.05, 0) is 41.7 Å². The van der Waals surface area contributed by atoms with Gasteiger partial charge in [0.05, 0.1) is 6.20 Å². The predicted octanol–water partition coefficient (Wildman–Crippen LogP) is 5.70. The van der Waals surface area contributed by atoms with Crippen LogP contribution >= 0.6 is 11.6 Å². The topological polar surface area (TPSA) is 55.1 Å². The molecule has 3 aromatic rings. The monoisotopic (exact) mass is 396 g/mol. The van der Waals surface area contributed by atoms with Crippen LogP contribution < -0.4 is 5.32 Å². The number of hydrogen-bond donors (Lipinski definition) is 1. The zero-order valence-corrected chi connectivity index (χ0v) is 17.0. The average Bonchev–Trinajstić information content (AvgIpc) is 3.18. The fourth-order valence-corrected chi connectivity index (χ4v) is 3.39. The Bertz CT molecular complexity index is 918. The number of benzene rings is 2. The van der Waals surface area contributed by atoms with Crippen molar-refractivity contribution < 1.29 is 9.21 Å². The van der Waals surface area contributed by atoms with Crippen molar-refractivity contribution in [3.05, 3.63) is 77.0 Å². The van der Waals surface area contributed by atoms with Crippen molar-refractivity contribution >= 4 is 17.5 Å². The molecule has 3 rings (SSSR count). The van der Waals surface area contributed by atoms with Crippen LogP contribution in [0.1, 0.15) is 48.7 Å². The molecule has 0 saturated carbocycles. The molecule has 146 valence electrons. The van der Waals surface area contributed by atoms with Crippen molar-refractivity contribution in [3.8, 4) is 11.1 Å². The Morgan fingerprint density at radius 1 is 1.14 bits per heavy atom. The number of nitrogens with one attached hydrogen (secondary N) is 1. The first-order valence-corrected chi connectivity index (χ1v) is 10.1. The third kappa shape index (κ3) is 5.23. The number of carbonyl (C=O) groups excluding carboxylic acids is 1. The Morgan fingerprint density at radius 3 is 2.57 bits per heavy atom. The molecule has 1 N–H and O–H groups in total. The summed E-state index contributed by atoms with van der Waals surface area (Å²) in [5.41, 5.74) is 3.39. The van der Waals surface area contributed by atoms with E-state index in [0.29, 0.717) is 12.3 Å². The molecule has 0 saturated heterocycles. The SMILES string of the molecule is CCC[C@@H](Cc1ccc(-c2cccc(Cl)c2)cc1)NC(=O)c1cnc(CC)o1. The first-order valence-electron chi connectivity index (χ1n) is 9.69. The summed E-state index contributed by atoms with van der Waals surface area (Å²) in [5.74, 6) is 0.643. The van der Waals surface area contributed by atoms with Gasteiger partial charge in [-0.3, -0.25) is 4.79 Å². The molecule has 0 bridgehead atoms. The highest BCUT2D eigenvalue weighted by molar-refractivity contribution is 6.30. The molecule has 0 spiro atoms. The van der Waals surface area contributed by atoms with E-state index < -0.39 is 0 Å². The van der Waals surface area contributed by atoms with Crippen LogP contribution in [-0.2, 0) is 12.8 Å². The molecule has 0 aliphatic carbocycles. The Kier molecular flexibility index (Phi) is 6.88. The van der Waals surface area contributed by atoms with Gasteiger partial charge in [0, 0.05) is 17.5 Å². The van der Waals surface area contributed by atoms with Crippen molar-refractivity contribution in [2.24, 2.45) is 0 Å². The van der Waals surface area contributed by atoms with Gasteiger partial charge in [-0.2, -0.15) is 0 Å². The standard InChI is InChI=1S/C23H25ClN2O2/c1-3-6-20(26-23(27)21-15-25-22(4-2)28-21)13-16-9-11-17(12-10-16)18-7-5-8-19(24)14-18/h5,7-12,14-15,20H,3-4,6,13H2,1-2H3,(H,26,27)/t20-/m0/s1. The second-order valence-electron chi connectivity index (χ2n) is 6.84. The summed E-state index contributed by atoms with van der Waals surface area (Å²) in [5, 5.41) is 3.81. The largest absolute Gasteiger partial charge is 0.436 e. The third-order valence-corrected chi connectivity index (χ3v) is 4.88. The zero-order valence-electron chi connectivity index (χ0n) is 16.2. The number of aromatic nitrogens is 1. The fraction of sp³-hybridized carbons (Fsp3) is 0.304. The number of amides is 1. The molecule has 0 aliphatic heterocycles. The van der Waals surface area contributed by atoms with E-state index in [0.717, 1.165) is 35.4 Å². The molecule has 1 amide bonds. The predicted molar refractivity (Wildman–Crippen MR) is 113 cm³/mol. The Balaban J connectivity index is 1.67. The lowest BCUT2D eigenvalue weighted by Crippen LogP contribution is -2.36. The highest BCUT2D eigenvalue weighted by Gasteiger charge is 2.17. The van der Waals surface area contributed by atoms with Crippen LogP contribution in [0, 0.1) is 0 Å². The van der Waals surface area contributed by atoms with Crippen molar-refractivity contribution in [1.29, 1.82) is 0 Å². The minimum Gasteiger partial charge on any atom is -0.436 e. The number of aryl methyl sites for hydroxylation is 1. The summed E-state index contributed by atoms with van der Waals surface area (Å²) in [4.78, 5) is 16.6. The van der Waals surface area contributed by atoms with Crippen LogP contribution in [0.2, 0.25) is 5.02 Å². The lowest BCUT2D eigenvalue weighted by molar-refractivity contribution is 0.0905. The van der Waals surface area contributed by atoms with E-state index in [9.17, 15) is 4.79 Å². The number of carbonyl (C=O) groups is 1. The van der Waals surface area contributed by atoms with Gasteiger partial charge < -0.3 is 9.73 Å². The van der Waals surface area contributed by atoms with Crippen LogP contribution in [-0.4, -0.2) is 16.9 Å². The molecule has 4 nitrogen and oxygen atoms in total. The normalized spacial score (nSPS) is 12.0. The van der Waals surface area contributed by atoms with Crippen molar-refractivity contribution in [3.63, 3.8) is 0 Å². The fourth-order valence-electron chi connectivity index (χ4n) is 3.19. The lowest BCUT2D eigenvalue weighted by atomic mass is 9.98. The molecule has 1 aromatic heterocycles. The van der Waals surface area contributed by atoms with Crippen molar-refractivity contribution in [2.75, 3.05) is 0 Å².